The molecule has 0 bridgehead atoms. The van der Waals surface area contributed by atoms with E-state index < -0.39 is 6.29 Å². The van der Waals surface area contributed by atoms with E-state index >= 15 is 0 Å². The second-order valence-electron chi connectivity index (χ2n) is 6.69. The quantitative estimate of drug-likeness (QED) is 0.197. The first-order chi connectivity index (χ1) is 10.8. The van der Waals surface area contributed by atoms with E-state index in [4.69, 9.17) is 4.74 Å². The molecule has 0 saturated carbocycles. The lowest BCUT2D eigenvalue weighted by molar-refractivity contribution is -0.144. The lowest BCUT2D eigenvalue weighted by atomic mass is 10.1. The molecule has 1 unspecified atom stereocenters. The van der Waals surface area contributed by atoms with Crippen LogP contribution in [0, 0.1) is 0 Å². The summed E-state index contributed by atoms with van der Waals surface area (Å²) in [5.74, 6) is 0. The standard InChI is InChI=1S/C20H41O2/c1-3-5-7-9-10-11-12-13-14-15-16-18-20(21)22-19-17-8-6-4-2/h20H,3-19H2,1-2H3. The van der Waals surface area contributed by atoms with Gasteiger partial charge in [-0.2, -0.15) is 0 Å². The Morgan fingerprint density at radius 2 is 1.00 bits per heavy atom. The molecule has 1 radical (unpaired) electrons. The van der Waals surface area contributed by atoms with Crippen LogP contribution in [0.3, 0.4) is 0 Å². The van der Waals surface area contributed by atoms with Crippen LogP contribution in [0.2, 0.25) is 0 Å². The van der Waals surface area contributed by atoms with E-state index in [1.165, 1.54) is 83.5 Å². The van der Waals surface area contributed by atoms with Gasteiger partial charge in [-0.05, 0) is 12.8 Å². The number of hydrogen-bond acceptors (Lipinski definition) is 1. The highest BCUT2D eigenvalue weighted by molar-refractivity contribution is 4.50. The number of ether oxygens (including phenoxy) is 1. The summed E-state index contributed by atoms with van der Waals surface area (Å²) >= 11 is 0. The van der Waals surface area contributed by atoms with Gasteiger partial charge in [0.2, 0.25) is 0 Å². The number of hydrogen-bond donors (Lipinski definition) is 0. The van der Waals surface area contributed by atoms with Gasteiger partial charge in [0.25, 0.3) is 0 Å². The van der Waals surface area contributed by atoms with Gasteiger partial charge < -0.3 is 4.74 Å². The predicted molar refractivity (Wildman–Crippen MR) is 95.6 cm³/mol. The SMILES string of the molecule is CCCCCCCCCCCCCC([O])OCCCCCC. The summed E-state index contributed by atoms with van der Waals surface area (Å²) in [4.78, 5) is 0. The number of rotatable bonds is 18. The normalized spacial score (nSPS) is 12.7. The first-order valence-electron chi connectivity index (χ1n) is 10.1. The largest absolute Gasteiger partial charge is 0.350 e. The van der Waals surface area contributed by atoms with Gasteiger partial charge in [-0.1, -0.05) is 97.3 Å². The Labute approximate surface area is 140 Å². The molecular weight excluding hydrogens is 272 g/mol. The van der Waals surface area contributed by atoms with Crippen LogP contribution in [0.1, 0.15) is 117 Å². The molecule has 0 rings (SSSR count). The minimum atomic E-state index is -0.778. The van der Waals surface area contributed by atoms with Gasteiger partial charge in [0.15, 0.2) is 6.29 Å². The van der Waals surface area contributed by atoms with Crippen molar-refractivity contribution in [3.63, 3.8) is 0 Å². The second kappa shape index (κ2) is 19.0. The number of unbranched alkanes of at least 4 members (excludes halogenated alkanes) is 13. The molecule has 0 N–H and O–H groups in total. The van der Waals surface area contributed by atoms with Crippen LogP contribution >= 0.6 is 0 Å². The van der Waals surface area contributed by atoms with E-state index in [-0.39, 0.29) is 0 Å². The van der Waals surface area contributed by atoms with Crippen LogP contribution in [0.25, 0.3) is 0 Å². The predicted octanol–water partition coefficient (Wildman–Crippen LogP) is 7.04. The maximum absolute atomic E-state index is 11.6. The molecule has 0 aliphatic carbocycles. The Kier molecular flexibility index (Phi) is 18.9. The van der Waals surface area contributed by atoms with E-state index in [1.807, 2.05) is 0 Å². The lowest BCUT2D eigenvalue weighted by Crippen LogP contribution is -2.11. The third-order valence-electron chi connectivity index (χ3n) is 4.35. The Bertz CT molecular complexity index is 194. The molecular formula is C20H41O2. The summed E-state index contributed by atoms with van der Waals surface area (Å²) < 4.78 is 5.32. The van der Waals surface area contributed by atoms with E-state index in [1.54, 1.807) is 0 Å². The molecule has 0 aromatic carbocycles. The maximum atomic E-state index is 11.6. The average Bonchev–Trinajstić information content (AvgIpc) is 2.52. The zero-order valence-electron chi connectivity index (χ0n) is 15.4. The monoisotopic (exact) mass is 313 g/mol. The zero-order chi connectivity index (χ0) is 16.3. The highest BCUT2D eigenvalue weighted by Crippen LogP contribution is 2.13. The van der Waals surface area contributed by atoms with Crippen LogP contribution in [0.15, 0.2) is 0 Å². The molecule has 0 heterocycles. The molecule has 0 amide bonds. The van der Waals surface area contributed by atoms with Crippen molar-refractivity contribution < 1.29 is 9.84 Å². The molecule has 0 aromatic rings. The topological polar surface area (TPSA) is 29.1 Å². The van der Waals surface area contributed by atoms with E-state index in [9.17, 15) is 5.11 Å². The van der Waals surface area contributed by atoms with Crippen LogP contribution < -0.4 is 0 Å². The molecule has 0 fully saturated rings. The van der Waals surface area contributed by atoms with E-state index in [0.29, 0.717) is 13.0 Å². The summed E-state index contributed by atoms with van der Waals surface area (Å²) in [6, 6.07) is 0. The van der Waals surface area contributed by atoms with Crippen molar-refractivity contribution in [2.75, 3.05) is 6.61 Å². The van der Waals surface area contributed by atoms with Gasteiger partial charge in [0, 0.05) is 13.0 Å². The van der Waals surface area contributed by atoms with Gasteiger partial charge in [0.1, 0.15) is 0 Å². The van der Waals surface area contributed by atoms with Crippen LogP contribution in [-0.2, 0) is 9.84 Å². The van der Waals surface area contributed by atoms with Crippen molar-refractivity contribution in [1.29, 1.82) is 0 Å². The van der Waals surface area contributed by atoms with Gasteiger partial charge in [-0.25, -0.2) is 5.11 Å². The molecule has 0 spiro atoms. The summed E-state index contributed by atoms with van der Waals surface area (Å²) in [6.07, 6.45) is 19.3. The van der Waals surface area contributed by atoms with Crippen molar-refractivity contribution >= 4 is 0 Å². The van der Waals surface area contributed by atoms with Crippen molar-refractivity contribution in [3.05, 3.63) is 0 Å². The summed E-state index contributed by atoms with van der Waals surface area (Å²) in [7, 11) is 0. The molecule has 22 heavy (non-hydrogen) atoms. The zero-order valence-corrected chi connectivity index (χ0v) is 15.4. The molecule has 1 atom stereocenters. The first kappa shape index (κ1) is 21.9. The van der Waals surface area contributed by atoms with Crippen LogP contribution in [-0.4, -0.2) is 12.9 Å². The van der Waals surface area contributed by atoms with Gasteiger partial charge in [-0.15, -0.1) is 0 Å². The summed E-state index contributed by atoms with van der Waals surface area (Å²) in [5.41, 5.74) is 0. The molecule has 0 saturated heterocycles. The minimum absolute atomic E-state index is 0.659. The molecule has 0 aliphatic heterocycles. The van der Waals surface area contributed by atoms with Crippen LogP contribution in [0.4, 0.5) is 0 Å². The summed E-state index contributed by atoms with van der Waals surface area (Å²) in [5, 5.41) is 11.6. The van der Waals surface area contributed by atoms with Gasteiger partial charge in [0.05, 0.1) is 0 Å². The first-order valence-corrected chi connectivity index (χ1v) is 10.1. The van der Waals surface area contributed by atoms with Crippen molar-refractivity contribution in [2.45, 2.75) is 123 Å². The maximum Gasteiger partial charge on any atom is 0.191 e. The second-order valence-corrected chi connectivity index (χ2v) is 6.69. The Hall–Kier alpha value is -0.0800. The summed E-state index contributed by atoms with van der Waals surface area (Å²) in [6.45, 7) is 5.12. The minimum Gasteiger partial charge on any atom is -0.350 e. The average molecular weight is 314 g/mol. The molecule has 133 valence electrons. The van der Waals surface area contributed by atoms with E-state index in [0.717, 1.165) is 12.8 Å². The fourth-order valence-corrected chi connectivity index (χ4v) is 2.80. The Morgan fingerprint density at radius 3 is 1.50 bits per heavy atom. The van der Waals surface area contributed by atoms with Crippen LogP contribution in [0.5, 0.6) is 0 Å². The fraction of sp³-hybridized carbons (Fsp3) is 1.00. The van der Waals surface area contributed by atoms with Crippen molar-refractivity contribution in [2.24, 2.45) is 0 Å². The third-order valence-corrected chi connectivity index (χ3v) is 4.35. The van der Waals surface area contributed by atoms with Gasteiger partial charge in [-0.3, -0.25) is 0 Å². The van der Waals surface area contributed by atoms with Crippen molar-refractivity contribution in [1.82, 2.24) is 0 Å². The van der Waals surface area contributed by atoms with Gasteiger partial charge >= 0.3 is 0 Å². The Morgan fingerprint density at radius 1 is 0.591 bits per heavy atom. The van der Waals surface area contributed by atoms with Crippen molar-refractivity contribution in [3.8, 4) is 0 Å². The highest BCUT2D eigenvalue weighted by atomic mass is 16.6. The molecule has 2 nitrogen and oxygen atoms in total. The highest BCUT2D eigenvalue weighted by Gasteiger charge is 2.05. The van der Waals surface area contributed by atoms with E-state index in [2.05, 4.69) is 13.8 Å². The lowest BCUT2D eigenvalue weighted by Gasteiger charge is -2.09. The molecule has 0 aromatic heterocycles. The Balaban J connectivity index is 3.09. The molecule has 0 aliphatic rings. The third kappa shape index (κ3) is 18.0. The fourth-order valence-electron chi connectivity index (χ4n) is 2.80. The smallest absolute Gasteiger partial charge is 0.191 e. The molecule has 2 heteroatoms.